The van der Waals surface area contributed by atoms with Gasteiger partial charge < -0.3 is 4.74 Å². The molecule has 0 radical (unpaired) electrons. The molecule has 0 heterocycles. The Bertz CT molecular complexity index is 169. The van der Waals surface area contributed by atoms with Gasteiger partial charge in [0, 0.05) is 6.54 Å². The quantitative estimate of drug-likeness (QED) is 0.429. The molecule has 0 aliphatic heterocycles. The number of carbonyl (C=O) groups is 1. The van der Waals surface area contributed by atoms with Crippen molar-refractivity contribution in [2.45, 2.75) is 39.7 Å². The summed E-state index contributed by atoms with van der Waals surface area (Å²) in [6.07, 6.45) is 0.700. The first-order valence-electron chi connectivity index (χ1n) is 4.53. The van der Waals surface area contributed by atoms with Crippen LogP contribution in [0.25, 0.3) is 0 Å². The second-order valence-electron chi connectivity index (χ2n) is 4.18. The van der Waals surface area contributed by atoms with Crippen molar-refractivity contribution < 1.29 is 9.53 Å². The molecule has 0 bridgehead atoms. The lowest BCUT2D eigenvalue weighted by Crippen LogP contribution is -2.30. The third-order valence-electron chi connectivity index (χ3n) is 1.53. The van der Waals surface area contributed by atoms with Crippen molar-refractivity contribution in [3.8, 4) is 0 Å². The third kappa shape index (κ3) is 8.29. The van der Waals surface area contributed by atoms with Crippen LogP contribution in [0.15, 0.2) is 0 Å². The predicted molar refractivity (Wildman–Crippen MR) is 59.1 cm³/mol. The van der Waals surface area contributed by atoms with Crippen LogP contribution in [0.5, 0.6) is 0 Å². The number of nitrogens with two attached hydrogens (primary N) is 1. The maximum atomic E-state index is 11.4. The van der Waals surface area contributed by atoms with E-state index in [1.54, 1.807) is 0 Å². The average Bonchev–Trinajstić information content (AvgIpc) is 1.96. The van der Waals surface area contributed by atoms with Gasteiger partial charge in [-0.2, -0.15) is 0 Å². The Balaban J connectivity index is 0. The molecule has 0 unspecified atom stereocenters. The van der Waals surface area contributed by atoms with Gasteiger partial charge in [-0.3, -0.25) is 16.1 Å². The van der Waals surface area contributed by atoms with Gasteiger partial charge in [-0.1, -0.05) is 6.92 Å². The summed E-state index contributed by atoms with van der Waals surface area (Å²) >= 11 is 0. The highest BCUT2D eigenvalue weighted by molar-refractivity contribution is 5.85. The van der Waals surface area contributed by atoms with E-state index in [9.17, 15) is 4.79 Å². The van der Waals surface area contributed by atoms with Crippen molar-refractivity contribution in [2.75, 3.05) is 6.54 Å². The van der Waals surface area contributed by atoms with Crippen LogP contribution in [0.4, 0.5) is 0 Å². The fourth-order valence-electron chi connectivity index (χ4n) is 0.820. The SMILES string of the molecule is C[C@H](CCNN)C(=O)OC(C)(C)C.Cl. The largest absolute Gasteiger partial charge is 0.460 e. The molecule has 0 rings (SSSR count). The zero-order valence-electron chi connectivity index (χ0n) is 9.29. The molecule has 0 fully saturated rings. The van der Waals surface area contributed by atoms with Crippen LogP contribution >= 0.6 is 12.4 Å². The third-order valence-corrected chi connectivity index (χ3v) is 1.53. The van der Waals surface area contributed by atoms with Crippen LogP contribution in [-0.2, 0) is 9.53 Å². The summed E-state index contributed by atoms with van der Waals surface area (Å²) in [5, 5.41) is 0. The van der Waals surface area contributed by atoms with Crippen molar-refractivity contribution in [1.82, 2.24) is 5.43 Å². The summed E-state index contributed by atoms with van der Waals surface area (Å²) in [7, 11) is 0. The molecule has 4 nitrogen and oxygen atoms in total. The molecular weight excluding hydrogens is 204 g/mol. The van der Waals surface area contributed by atoms with E-state index in [1.807, 2.05) is 27.7 Å². The van der Waals surface area contributed by atoms with E-state index in [-0.39, 0.29) is 24.3 Å². The molecule has 0 aliphatic rings. The topological polar surface area (TPSA) is 64.3 Å². The molecule has 0 saturated heterocycles. The van der Waals surface area contributed by atoms with Gasteiger partial charge in [-0.05, 0) is 27.2 Å². The second-order valence-corrected chi connectivity index (χ2v) is 4.18. The Hall–Kier alpha value is -0.320. The number of hydrogen-bond donors (Lipinski definition) is 2. The van der Waals surface area contributed by atoms with E-state index in [0.29, 0.717) is 13.0 Å². The number of carbonyl (C=O) groups excluding carboxylic acids is 1. The maximum absolute atomic E-state index is 11.4. The highest BCUT2D eigenvalue weighted by Crippen LogP contribution is 2.12. The molecule has 0 saturated carbocycles. The first-order valence-corrected chi connectivity index (χ1v) is 4.53. The highest BCUT2D eigenvalue weighted by Gasteiger charge is 2.20. The number of halogens is 1. The lowest BCUT2D eigenvalue weighted by atomic mass is 10.1. The van der Waals surface area contributed by atoms with Gasteiger partial charge in [-0.15, -0.1) is 12.4 Å². The minimum absolute atomic E-state index is 0. The number of esters is 1. The van der Waals surface area contributed by atoms with E-state index < -0.39 is 5.60 Å². The Morgan fingerprint density at radius 1 is 1.50 bits per heavy atom. The van der Waals surface area contributed by atoms with Crippen molar-refractivity contribution in [2.24, 2.45) is 11.8 Å². The molecule has 0 aliphatic carbocycles. The zero-order valence-corrected chi connectivity index (χ0v) is 10.1. The summed E-state index contributed by atoms with van der Waals surface area (Å²) < 4.78 is 5.19. The molecule has 0 aromatic heterocycles. The minimum atomic E-state index is -0.401. The summed E-state index contributed by atoms with van der Waals surface area (Å²) in [4.78, 5) is 11.4. The monoisotopic (exact) mass is 224 g/mol. The number of nitrogens with one attached hydrogen (secondary N) is 1. The van der Waals surface area contributed by atoms with Crippen LogP contribution in [0.3, 0.4) is 0 Å². The van der Waals surface area contributed by atoms with Crippen LogP contribution in [0.2, 0.25) is 0 Å². The smallest absolute Gasteiger partial charge is 0.309 e. The van der Waals surface area contributed by atoms with Crippen LogP contribution in [0, 0.1) is 5.92 Å². The summed E-state index contributed by atoms with van der Waals surface area (Å²) in [6.45, 7) is 8.04. The number of rotatable bonds is 4. The summed E-state index contributed by atoms with van der Waals surface area (Å²) in [5.74, 6) is 4.84. The average molecular weight is 225 g/mol. The van der Waals surface area contributed by atoms with Crippen molar-refractivity contribution in [3.63, 3.8) is 0 Å². The van der Waals surface area contributed by atoms with E-state index in [1.165, 1.54) is 0 Å². The van der Waals surface area contributed by atoms with Gasteiger partial charge in [0.15, 0.2) is 0 Å². The Morgan fingerprint density at radius 3 is 2.36 bits per heavy atom. The van der Waals surface area contributed by atoms with E-state index in [4.69, 9.17) is 10.6 Å². The molecule has 0 aromatic carbocycles. The summed E-state index contributed by atoms with van der Waals surface area (Å²) in [6, 6.07) is 0. The Kier molecular flexibility index (Phi) is 8.10. The van der Waals surface area contributed by atoms with Gasteiger partial charge >= 0.3 is 5.97 Å². The molecule has 1 atom stereocenters. The number of hydrogen-bond acceptors (Lipinski definition) is 4. The Morgan fingerprint density at radius 2 is 2.00 bits per heavy atom. The fourth-order valence-corrected chi connectivity index (χ4v) is 0.820. The van der Waals surface area contributed by atoms with Crippen molar-refractivity contribution in [3.05, 3.63) is 0 Å². The number of ether oxygens (including phenoxy) is 1. The lowest BCUT2D eigenvalue weighted by Gasteiger charge is -2.22. The van der Waals surface area contributed by atoms with E-state index in [2.05, 4.69) is 5.43 Å². The Labute approximate surface area is 91.9 Å². The van der Waals surface area contributed by atoms with E-state index in [0.717, 1.165) is 0 Å². The normalized spacial score (nSPS) is 12.9. The molecule has 86 valence electrons. The van der Waals surface area contributed by atoms with Gasteiger partial charge in [-0.25, -0.2) is 0 Å². The van der Waals surface area contributed by atoms with Crippen LogP contribution in [0.1, 0.15) is 34.1 Å². The fraction of sp³-hybridized carbons (Fsp3) is 0.889. The molecule has 0 amide bonds. The highest BCUT2D eigenvalue weighted by atomic mass is 35.5. The van der Waals surface area contributed by atoms with Crippen LogP contribution in [-0.4, -0.2) is 18.1 Å². The van der Waals surface area contributed by atoms with Crippen molar-refractivity contribution >= 4 is 18.4 Å². The van der Waals surface area contributed by atoms with Crippen LogP contribution < -0.4 is 11.3 Å². The standard InChI is InChI=1S/C9H20N2O2.ClH/c1-7(5-6-11-10)8(12)13-9(2,3)4;/h7,11H,5-6,10H2,1-4H3;1H/t7-;/m1./s1. The van der Waals surface area contributed by atoms with Gasteiger partial charge in [0.2, 0.25) is 0 Å². The predicted octanol–water partition coefficient (Wildman–Crippen LogP) is 1.24. The molecule has 14 heavy (non-hydrogen) atoms. The molecular formula is C9H21ClN2O2. The zero-order chi connectivity index (χ0) is 10.5. The molecule has 3 N–H and O–H groups in total. The molecule has 0 aromatic rings. The van der Waals surface area contributed by atoms with E-state index >= 15 is 0 Å². The molecule has 0 spiro atoms. The van der Waals surface area contributed by atoms with Gasteiger partial charge in [0.05, 0.1) is 5.92 Å². The number of hydrazine groups is 1. The minimum Gasteiger partial charge on any atom is -0.460 e. The second kappa shape index (κ2) is 7.04. The van der Waals surface area contributed by atoms with Crippen molar-refractivity contribution in [1.29, 1.82) is 0 Å². The summed E-state index contributed by atoms with van der Waals surface area (Å²) in [5.41, 5.74) is 2.11. The van der Waals surface area contributed by atoms with Gasteiger partial charge in [0.25, 0.3) is 0 Å². The lowest BCUT2D eigenvalue weighted by molar-refractivity contribution is -0.159. The molecule has 5 heteroatoms. The first kappa shape index (κ1) is 16.1. The first-order chi connectivity index (χ1) is 5.87. The van der Waals surface area contributed by atoms with Gasteiger partial charge in [0.1, 0.15) is 5.60 Å². The maximum Gasteiger partial charge on any atom is 0.309 e.